The van der Waals surface area contributed by atoms with Crippen LogP contribution >= 0.6 is 0 Å². The highest BCUT2D eigenvalue weighted by molar-refractivity contribution is 5.94. The van der Waals surface area contributed by atoms with Gasteiger partial charge >= 0.3 is 12.1 Å². The van der Waals surface area contributed by atoms with Crippen molar-refractivity contribution in [3.8, 4) is 0 Å². The summed E-state index contributed by atoms with van der Waals surface area (Å²) in [6, 6.07) is -0.191. The smallest absolute Gasteiger partial charge is 0.451 e. The van der Waals surface area contributed by atoms with Crippen LogP contribution in [-0.4, -0.2) is 28.6 Å². The number of carbonyl (C=O) groups is 1. The van der Waals surface area contributed by atoms with Gasteiger partial charge in [-0.2, -0.15) is 13.2 Å². The molecule has 0 amide bonds. The number of aromatic nitrogens is 2. The molecule has 5 nitrogen and oxygen atoms in total. The zero-order valence-corrected chi connectivity index (χ0v) is 10.7. The Morgan fingerprint density at radius 3 is 2.58 bits per heavy atom. The van der Waals surface area contributed by atoms with Gasteiger partial charge in [-0.3, -0.25) is 0 Å². The zero-order chi connectivity index (χ0) is 14.6. The van der Waals surface area contributed by atoms with Gasteiger partial charge in [-0.05, 0) is 20.8 Å². The minimum atomic E-state index is -4.67. The average molecular weight is 277 g/mol. The number of halogens is 3. The van der Waals surface area contributed by atoms with Gasteiger partial charge in [0.25, 0.3) is 0 Å². The molecule has 1 aromatic rings. The first-order valence-electron chi connectivity index (χ1n) is 5.63. The first-order chi connectivity index (χ1) is 8.75. The van der Waals surface area contributed by atoms with Gasteiger partial charge in [-0.1, -0.05) is 0 Å². The highest BCUT2D eigenvalue weighted by atomic mass is 19.4. The predicted octanol–water partition coefficient (Wildman–Crippen LogP) is 2.49. The van der Waals surface area contributed by atoms with E-state index in [1.54, 1.807) is 20.8 Å². The van der Waals surface area contributed by atoms with Crippen molar-refractivity contribution in [3.63, 3.8) is 0 Å². The van der Waals surface area contributed by atoms with E-state index in [1.165, 1.54) is 0 Å². The molecular weight excluding hydrogens is 263 g/mol. The Balaban J connectivity index is 3.20. The molecule has 0 saturated heterocycles. The molecule has 1 rings (SSSR count). The van der Waals surface area contributed by atoms with Crippen LogP contribution in [0.15, 0.2) is 6.20 Å². The van der Waals surface area contributed by atoms with Gasteiger partial charge in [0.1, 0.15) is 11.4 Å². The number of hydrogen-bond acceptors (Lipinski definition) is 5. The van der Waals surface area contributed by atoms with Gasteiger partial charge in [0.15, 0.2) is 0 Å². The number of esters is 1. The Bertz CT molecular complexity index is 461. The van der Waals surface area contributed by atoms with Crippen LogP contribution in [0.4, 0.5) is 19.0 Å². The fourth-order valence-corrected chi connectivity index (χ4v) is 1.26. The van der Waals surface area contributed by atoms with E-state index in [4.69, 9.17) is 4.74 Å². The molecular formula is C11H14F3N3O2. The third-order valence-electron chi connectivity index (χ3n) is 1.96. The maximum atomic E-state index is 12.5. The fourth-order valence-electron chi connectivity index (χ4n) is 1.26. The van der Waals surface area contributed by atoms with Crippen LogP contribution in [0.2, 0.25) is 0 Å². The quantitative estimate of drug-likeness (QED) is 0.857. The number of alkyl halides is 3. The number of rotatable bonds is 4. The molecule has 106 valence electrons. The van der Waals surface area contributed by atoms with Gasteiger partial charge in [0.05, 0.1) is 6.61 Å². The third kappa shape index (κ3) is 4.08. The van der Waals surface area contributed by atoms with Crippen molar-refractivity contribution in [1.29, 1.82) is 0 Å². The molecule has 1 heterocycles. The van der Waals surface area contributed by atoms with Gasteiger partial charge < -0.3 is 10.1 Å². The van der Waals surface area contributed by atoms with E-state index in [1.807, 2.05) is 0 Å². The second-order valence-corrected chi connectivity index (χ2v) is 3.97. The van der Waals surface area contributed by atoms with Crippen molar-refractivity contribution in [3.05, 3.63) is 17.6 Å². The molecule has 0 atom stereocenters. The lowest BCUT2D eigenvalue weighted by Crippen LogP contribution is -2.20. The van der Waals surface area contributed by atoms with E-state index in [0.717, 1.165) is 6.20 Å². The lowest BCUT2D eigenvalue weighted by Gasteiger charge is -2.14. The minimum absolute atomic E-state index is 0.112. The van der Waals surface area contributed by atoms with E-state index in [0.29, 0.717) is 0 Å². The lowest BCUT2D eigenvalue weighted by molar-refractivity contribution is -0.144. The molecule has 0 aliphatic carbocycles. The molecule has 0 saturated carbocycles. The standard InChI is InChI=1S/C11H14F3N3O2/c1-4-19-9(18)7-5-15-10(11(12,13)14)17-8(7)16-6(2)3/h5-6H,4H2,1-3H3,(H,15,16,17). The molecule has 0 aromatic carbocycles. The molecule has 1 aromatic heterocycles. The van der Waals surface area contributed by atoms with Crippen LogP contribution in [-0.2, 0) is 10.9 Å². The van der Waals surface area contributed by atoms with Crippen molar-refractivity contribution < 1.29 is 22.7 Å². The van der Waals surface area contributed by atoms with Crippen LogP contribution in [0.5, 0.6) is 0 Å². The molecule has 0 aliphatic rings. The summed E-state index contributed by atoms with van der Waals surface area (Å²) in [5.41, 5.74) is -0.122. The maximum absolute atomic E-state index is 12.5. The molecule has 0 bridgehead atoms. The summed E-state index contributed by atoms with van der Waals surface area (Å²) in [6.07, 6.45) is -3.85. The molecule has 0 radical (unpaired) electrons. The Hall–Kier alpha value is -1.86. The summed E-state index contributed by atoms with van der Waals surface area (Å²) < 4.78 is 42.3. The largest absolute Gasteiger partial charge is 0.462 e. The number of nitrogens with zero attached hydrogens (tertiary/aromatic N) is 2. The molecule has 0 unspecified atom stereocenters. The lowest BCUT2D eigenvalue weighted by atomic mass is 10.2. The summed E-state index contributed by atoms with van der Waals surface area (Å²) >= 11 is 0. The monoisotopic (exact) mass is 277 g/mol. The predicted molar refractivity (Wildman–Crippen MR) is 61.7 cm³/mol. The molecule has 1 N–H and O–H groups in total. The fraction of sp³-hybridized carbons (Fsp3) is 0.545. The van der Waals surface area contributed by atoms with Crippen molar-refractivity contribution in [2.75, 3.05) is 11.9 Å². The topological polar surface area (TPSA) is 64.1 Å². The van der Waals surface area contributed by atoms with Crippen molar-refractivity contribution in [2.24, 2.45) is 0 Å². The van der Waals surface area contributed by atoms with Crippen LogP contribution in [0.1, 0.15) is 37.0 Å². The molecule has 0 aliphatic heterocycles. The normalized spacial score (nSPS) is 11.5. The summed E-state index contributed by atoms with van der Waals surface area (Å²) in [5, 5.41) is 2.67. The Labute approximate surface area is 108 Å². The molecule has 8 heteroatoms. The van der Waals surface area contributed by atoms with Crippen LogP contribution in [0.25, 0.3) is 0 Å². The average Bonchev–Trinajstić information content (AvgIpc) is 2.27. The van der Waals surface area contributed by atoms with E-state index in [9.17, 15) is 18.0 Å². The number of hydrogen-bond donors (Lipinski definition) is 1. The first kappa shape index (κ1) is 15.2. The molecule has 0 spiro atoms. The minimum Gasteiger partial charge on any atom is -0.462 e. The van der Waals surface area contributed by atoms with Crippen molar-refractivity contribution in [1.82, 2.24) is 9.97 Å². The summed E-state index contributed by atoms with van der Waals surface area (Å²) in [6.45, 7) is 5.13. The Kier molecular flexibility index (Phi) is 4.68. The van der Waals surface area contributed by atoms with Crippen molar-refractivity contribution in [2.45, 2.75) is 33.0 Å². The van der Waals surface area contributed by atoms with Crippen molar-refractivity contribution >= 4 is 11.8 Å². The van der Waals surface area contributed by atoms with Gasteiger partial charge in [-0.15, -0.1) is 0 Å². The maximum Gasteiger partial charge on any atom is 0.451 e. The van der Waals surface area contributed by atoms with Gasteiger partial charge in [-0.25, -0.2) is 14.8 Å². The molecule has 19 heavy (non-hydrogen) atoms. The summed E-state index contributed by atoms with van der Waals surface area (Å²) in [5.74, 6) is -2.25. The van der Waals surface area contributed by atoms with E-state index in [-0.39, 0.29) is 24.0 Å². The van der Waals surface area contributed by atoms with Gasteiger partial charge in [0, 0.05) is 12.2 Å². The number of nitrogens with one attached hydrogen (secondary N) is 1. The second-order valence-electron chi connectivity index (χ2n) is 3.97. The SMILES string of the molecule is CCOC(=O)c1cnc(C(F)(F)F)nc1NC(C)C. The third-order valence-corrected chi connectivity index (χ3v) is 1.96. The van der Waals surface area contributed by atoms with Gasteiger partial charge in [0.2, 0.25) is 5.82 Å². The zero-order valence-electron chi connectivity index (χ0n) is 10.7. The Morgan fingerprint density at radius 1 is 1.47 bits per heavy atom. The first-order valence-corrected chi connectivity index (χ1v) is 5.63. The van der Waals surface area contributed by atoms with Crippen LogP contribution < -0.4 is 5.32 Å². The van der Waals surface area contributed by atoms with Crippen LogP contribution in [0, 0.1) is 0 Å². The molecule has 0 fully saturated rings. The summed E-state index contributed by atoms with van der Waals surface area (Å²) in [7, 11) is 0. The Morgan fingerprint density at radius 2 is 2.11 bits per heavy atom. The highest BCUT2D eigenvalue weighted by Crippen LogP contribution is 2.27. The number of carbonyl (C=O) groups excluding carboxylic acids is 1. The summed E-state index contributed by atoms with van der Waals surface area (Å²) in [4.78, 5) is 18.1. The van der Waals surface area contributed by atoms with E-state index >= 15 is 0 Å². The van der Waals surface area contributed by atoms with Crippen LogP contribution in [0.3, 0.4) is 0 Å². The van der Waals surface area contributed by atoms with E-state index in [2.05, 4.69) is 15.3 Å². The second kappa shape index (κ2) is 5.85. The van der Waals surface area contributed by atoms with E-state index < -0.39 is 18.0 Å². The number of anilines is 1. The highest BCUT2D eigenvalue weighted by Gasteiger charge is 2.35. The number of ether oxygens (including phenoxy) is 1.